The van der Waals surface area contributed by atoms with Gasteiger partial charge in [0.2, 0.25) is 0 Å². The Morgan fingerprint density at radius 2 is 1.71 bits per heavy atom. The summed E-state index contributed by atoms with van der Waals surface area (Å²) in [7, 11) is 4.15. The van der Waals surface area contributed by atoms with Gasteiger partial charge in [0, 0.05) is 19.2 Å². The van der Waals surface area contributed by atoms with E-state index in [1.54, 1.807) is 0 Å². The van der Waals surface area contributed by atoms with Crippen molar-refractivity contribution in [2.24, 2.45) is 7.05 Å². The summed E-state index contributed by atoms with van der Waals surface area (Å²) in [5.74, 6) is 1.04. The van der Waals surface area contributed by atoms with Crippen LogP contribution in [-0.2, 0) is 26.7 Å². The van der Waals surface area contributed by atoms with Crippen LogP contribution < -0.4 is 0 Å². The smallest absolute Gasteiger partial charge is 0.132 e. The number of nitrogens with zero attached hydrogens (tertiary/aromatic N) is 5. The quantitative estimate of drug-likeness (QED) is 0.487. The van der Waals surface area contributed by atoms with E-state index in [-0.39, 0.29) is 0 Å². The maximum absolute atomic E-state index is 6.68. The normalized spacial score (nSPS) is 11.6. The maximum atomic E-state index is 6.68. The zero-order valence-corrected chi connectivity index (χ0v) is 17.2. The van der Waals surface area contributed by atoms with Crippen LogP contribution in [-0.4, -0.2) is 31.3 Å². The molecule has 0 aliphatic heterocycles. The van der Waals surface area contributed by atoms with E-state index in [2.05, 4.69) is 46.9 Å². The minimum absolute atomic E-state index is 0.676. The number of rotatable bonds is 6. The lowest BCUT2D eigenvalue weighted by Crippen LogP contribution is -2.20. The van der Waals surface area contributed by atoms with Crippen LogP contribution in [0.15, 0.2) is 54.6 Å². The Morgan fingerprint density at radius 1 is 1.00 bits per heavy atom. The van der Waals surface area contributed by atoms with E-state index in [9.17, 15) is 0 Å². The number of hydrogen-bond donors (Lipinski definition) is 0. The highest BCUT2D eigenvalue weighted by molar-refractivity contribution is 6.30. The second kappa shape index (κ2) is 7.78. The van der Waals surface area contributed by atoms with Crippen molar-refractivity contribution in [3.63, 3.8) is 0 Å². The molecule has 2 heterocycles. The highest BCUT2D eigenvalue weighted by Crippen LogP contribution is 2.23. The fourth-order valence-corrected chi connectivity index (χ4v) is 3.83. The molecule has 0 spiro atoms. The predicted molar refractivity (Wildman–Crippen MR) is 113 cm³/mol. The fourth-order valence-electron chi connectivity index (χ4n) is 3.54. The van der Waals surface area contributed by atoms with E-state index in [1.165, 1.54) is 5.56 Å². The van der Waals surface area contributed by atoms with Crippen LogP contribution in [0.5, 0.6) is 0 Å². The minimum atomic E-state index is 0.676. The van der Waals surface area contributed by atoms with Gasteiger partial charge in [-0.2, -0.15) is 5.10 Å². The van der Waals surface area contributed by atoms with Crippen molar-refractivity contribution in [2.75, 3.05) is 7.05 Å². The van der Waals surface area contributed by atoms with Crippen LogP contribution in [0.4, 0.5) is 0 Å². The third-order valence-electron chi connectivity index (χ3n) is 5.08. The van der Waals surface area contributed by atoms with Crippen molar-refractivity contribution in [1.82, 2.24) is 24.2 Å². The zero-order chi connectivity index (χ0) is 19.7. The first-order valence-electron chi connectivity index (χ1n) is 9.37. The van der Waals surface area contributed by atoms with Crippen molar-refractivity contribution < 1.29 is 0 Å². The van der Waals surface area contributed by atoms with Gasteiger partial charge in [-0.1, -0.05) is 54.1 Å². The van der Waals surface area contributed by atoms with Crippen LogP contribution in [0.1, 0.15) is 22.6 Å². The molecule has 28 heavy (non-hydrogen) atoms. The van der Waals surface area contributed by atoms with Crippen molar-refractivity contribution in [1.29, 1.82) is 0 Å². The third kappa shape index (κ3) is 3.68. The second-order valence-electron chi connectivity index (χ2n) is 7.25. The first-order chi connectivity index (χ1) is 13.5. The largest absolute Gasteiger partial charge is 0.330 e. The lowest BCUT2D eigenvalue weighted by Gasteiger charge is -2.16. The zero-order valence-electron chi connectivity index (χ0n) is 16.4. The molecule has 2 aromatic carbocycles. The second-order valence-corrected chi connectivity index (χ2v) is 7.60. The maximum Gasteiger partial charge on any atom is 0.132 e. The van der Waals surface area contributed by atoms with E-state index in [1.807, 2.05) is 48.0 Å². The van der Waals surface area contributed by atoms with Crippen LogP contribution in [0, 0.1) is 6.92 Å². The van der Waals surface area contributed by atoms with Gasteiger partial charge in [-0.15, -0.1) is 0 Å². The lowest BCUT2D eigenvalue weighted by molar-refractivity contribution is 0.307. The molecule has 0 aliphatic rings. The Morgan fingerprint density at radius 3 is 2.46 bits per heavy atom. The number of para-hydroxylation sites is 2. The number of imidazole rings is 1. The molecule has 4 aromatic rings. The predicted octanol–water partition coefficient (Wildman–Crippen LogP) is 4.41. The molecule has 0 bridgehead atoms. The molecule has 4 rings (SSSR count). The lowest BCUT2D eigenvalue weighted by atomic mass is 10.2. The van der Waals surface area contributed by atoms with Gasteiger partial charge in [0.1, 0.15) is 11.0 Å². The van der Waals surface area contributed by atoms with Crippen molar-refractivity contribution >= 4 is 22.6 Å². The molecule has 0 unspecified atom stereocenters. The number of hydrogen-bond acceptors (Lipinski definition) is 3. The first kappa shape index (κ1) is 18.7. The van der Waals surface area contributed by atoms with Crippen molar-refractivity contribution in [3.05, 3.63) is 82.4 Å². The highest BCUT2D eigenvalue weighted by Gasteiger charge is 2.17. The third-order valence-corrected chi connectivity index (χ3v) is 5.50. The molecule has 0 radical (unpaired) electrons. The fraction of sp³-hybridized carbons (Fsp3) is 0.273. The molecular formula is C22H24ClN5. The van der Waals surface area contributed by atoms with Gasteiger partial charge in [-0.25, -0.2) is 9.67 Å². The van der Waals surface area contributed by atoms with Gasteiger partial charge in [-0.05, 0) is 31.7 Å². The molecule has 0 N–H and O–H groups in total. The Balaban J connectivity index is 1.51. The van der Waals surface area contributed by atoms with Gasteiger partial charge in [-0.3, -0.25) is 4.90 Å². The summed E-state index contributed by atoms with van der Waals surface area (Å²) in [6, 6.07) is 18.5. The van der Waals surface area contributed by atoms with E-state index in [4.69, 9.17) is 16.6 Å². The molecule has 0 aliphatic carbocycles. The van der Waals surface area contributed by atoms with Gasteiger partial charge < -0.3 is 4.57 Å². The van der Waals surface area contributed by atoms with Gasteiger partial charge in [0.05, 0.1) is 29.8 Å². The first-order valence-corrected chi connectivity index (χ1v) is 9.75. The highest BCUT2D eigenvalue weighted by atomic mass is 35.5. The van der Waals surface area contributed by atoms with Crippen LogP contribution in [0.2, 0.25) is 5.15 Å². The van der Waals surface area contributed by atoms with Gasteiger partial charge in [0.15, 0.2) is 0 Å². The SMILES string of the molecule is Cc1nn(Cc2ccccc2)c(Cl)c1CN(C)Cc1nc2ccccc2n1C. The van der Waals surface area contributed by atoms with Crippen molar-refractivity contribution in [3.8, 4) is 0 Å². The molecular weight excluding hydrogens is 370 g/mol. The number of aromatic nitrogens is 4. The number of fused-ring (bicyclic) bond motifs is 1. The minimum Gasteiger partial charge on any atom is -0.330 e. The molecule has 6 heteroatoms. The number of benzene rings is 2. The van der Waals surface area contributed by atoms with E-state index >= 15 is 0 Å². The molecule has 2 aromatic heterocycles. The van der Waals surface area contributed by atoms with E-state index in [0.29, 0.717) is 11.7 Å². The van der Waals surface area contributed by atoms with Crippen LogP contribution >= 0.6 is 11.6 Å². The Bertz CT molecular complexity index is 1100. The molecule has 0 amide bonds. The summed E-state index contributed by atoms with van der Waals surface area (Å²) in [6.07, 6.45) is 0. The molecule has 0 saturated carbocycles. The standard InChI is InChI=1S/C22H24ClN5/c1-16-18(22(23)28(25-16)13-17-9-5-4-6-10-17)14-26(2)15-21-24-19-11-7-8-12-20(19)27(21)3/h4-12H,13-15H2,1-3H3. The summed E-state index contributed by atoms with van der Waals surface area (Å²) in [4.78, 5) is 6.99. The Kier molecular flexibility index (Phi) is 5.20. The molecule has 0 fully saturated rings. The van der Waals surface area contributed by atoms with Crippen LogP contribution in [0.25, 0.3) is 11.0 Å². The molecule has 0 saturated heterocycles. The van der Waals surface area contributed by atoms with Gasteiger partial charge >= 0.3 is 0 Å². The number of aryl methyl sites for hydroxylation is 2. The van der Waals surface area contributed by atoms with E-state index in [0.717, 1.165) is 41.2 Å². The topological polar surface area (TPSA) is 38.9 Å². The molecule has 144 valence electrons. The summed E-state index contributed by atoms with van der Waals surface area (Å²) >= 11 is 6.68. The number of halogens is 1. The average molecular weight is 394 g/mol. The van der Waals surface area contributed by atoms with E-state index < -0.39 is 0 Å². The van der Waals surface area contributed by atoms with Crippen molar-refractivity contribution in [2.45, 2.75) is 26.6 Å². The summed E-state index contributed by atoms with van der Waals surface area (Å²) in [5, 5.41) is 5.36. The summed E-state index contributed by atoms with van der Waals surface area (Å²) < 4.78 is 4.03. The molecule has 0 atom stereocenters. The summed E-state index contributed by atoms with van der Waals surface area (Å²) in [5.41, 5.74) is 5.40. The van der Waals surface area contributed by atoms with Crippen LogP contribution in [0.3, 0.4) is 0 Å². The summed E-state index contributed by atoms with van der Waals surface area (Å²) in [6.45, 7) is 4.16. The molecule has 5 nitrogen and oxygen atoms in total. The monoisotopic (exact) mass is 393 g/mol. The van der Waals surface area contributed by atoms with Gasteiger partial charge in [0.25, 0.3) is 0 Å². The Labute approximate surface area is 170 Å². The average Bonchev–Trinajstić information content (AvgIpc) is 3.14. The Hall–Kier alpha value is -2.63.